The van der Waals surface area contributed by atoms with E-state index >= 15 is 0 Å². The lowest BCUT2D eigenvalue weighted by Gasteiger charge is -2.43. The van der Waals surface area contributed by atoms with E-state index in [1.165, 1.54) is 0 Å². The van der Waals surface area contributed by atoms with E-state index in [0.717, 1.165) is 117 Å². The number of nitriles is 1. The van der Waals surface area contributed by atoms with Crippen LogP contribution in [0.2, 0.25) is 0 Å². The molecule has 4 aromatic heterocycles. The predicted octanol–water partition coefficient (Wildman–Crippen LogP) is 15.1. The summed E-state index contributed by atoms with van der Waals surface area (Å²) in [6.07, 6.45) is 3.80. The molecule has 324 valence electrons. The number of para-hydroxylation sites is 6. The number of benzene rings is 8. The second kappa shape index (κ2) is 14.0. The smallest absolute Gasteiger partial charge is 0.188 e. The number of hydrogen-bond donors (Lipinski definition) is 0. The molecule has 8 aromatic carbocycles. The Bertz CT molecular complexity index is 4330. The number of aromatic nitrogens is 4. The van der Waals surface area contributed by atoms with Crippen molar-refractivity contribution in [2.24, 2.45) is 0 Å². The van der Waals surface area contributed by atoms with Gasteiger partial charge < -0.3 is 23.5 Å². The summed E-state index contributed by atoms with van der Waals surface area (Å²) in [6, 6.07) is 66.6. The number of hydrogen-bond acceptors (Lipinski definition) is 6. The average Bonchev–Trinajstić information content (AvgIpc) is 4.03. The standard InChI is InChI=1S/C61H33N7O2/c1-63-37-24-28-50-43(31-37)41-13-3-4-15-47(41)66(50)38-25-26-44-57(33-38)70-56-22-10-19-53(68-51-17-6-8-20-54(51)69-55-21-9-7-18-52(55)68)58(56)61(44)45-14-11-29-64-59(45)60-46(61)32-39(35-65-60)67-48-16-5-2-12-40(48)42-30-36(34-62)23-27-49(42)67/h2-33,35H. The van der Waals surface area contributed by atoms with Gasteiger partial charge in [0.1, 0.15) is 11.5 Å². The Hall–Kier alpha value is -9.96. The van der Waals surface area contributed by atoms with Crippen LogP contribution in [0.3, 0.4) is 0 Å². The molecule has 70 heavy (non-hydrogen) atoms. The highest BCUT2D eigenvalue weighted by atomic mass is 16.5. The first-order valence-corrected chi connectivity index (χ1v) is 23.1. The number of anilines is 3. The summed E-state index contributed by atoms with van der Waals surface area (Å²) in [4.78, 5) is 16.7. The number of ether oxygens (including phenoxy) is 2. The van der Waals surface area contributed by atoms with Crippen molar-refractivity contribution in [3.63, 3.8) is 0 Å². The Morgan fingerprint density at radius 1 is 0.486 bits per heavy atom. The van der Waals surface area contributed by atoms with Gasteiger partial charge in [0.15, 0.2) is 17.2 Å². The summed E-state index contributed by atoms with van der Waals surface area (Å²) in [6.45, 7) is 7.81. The molecule has 2 aliphatic heterocycles. The maximum Gasteiger partial charge on any atom is 0.188 e. The van der Waals surface area contributed by atoms with E-state index in [1.807, 2.05) is 103 Å². The minimum atomic E-state index is -1.03. The van der Waals surface area contributed by atoms with Crippen LogP contribution in [0.25, 0.3) is 71.2 Å². The van der Waals surface area contributed by atoms with Crippen LogP contribution in [0.4, 0.5) is 22.7 Å². The first-order chi connectivity index (χ1) is 34.6. The lowest BCUT2D eigenvalue weighted by molar-refractivity contribution is 0.436. The predicted molar refractivity (Wildman–Crippen MR) is 274 cm³/mol. The van der Waals surface area contributed by atoms with Crippen LogP contribution in [0.1, 0.15) is 27.8 Å². The van der Waals surface area contributed by atoms with Gasteiger partial charge >= 0.3 is 0 Å². The van der Waals surface area contributed by atoms with Gasteiger partial charge in [-0.2, -0.15) is 5.26 Å². The van der Waals surface area contributed by atoms with E-state index in [4.69, 9.17) is 26.0 Å². The Morgan fingerprint density at radius 3 is 1.87 bits per heavy atom. The second-order valence-corrected chi connectivity index (χ2v) is 17.9. The molecule has 0 N–H and O–H groups in total. The third kappa shape index (κ3) is 4.96. The maximum absolute atomic E-state index is 9.99. The minimum absolute atomic E-state index is 0.594. The SMILES string of the molecule is [C-]#[N+]c1ccc2c(c1)c1ccccc1n2-c1ccc2c(c1)Oc1cccc(N3c4ccccc4Oc4ccccc43)c1C21c2cccnc2-c2ncc(-n3c4ccccc4c4cc(C#N)ccc43)cc21. The monoisotopic (exact) mass is 895 g/mol. The molecule has 9 nitrogen and oxygen atoms in total. The Kier molecular flexibility index (Phi) is 7.65. The molecule has 1 atom stereocenters. The van der Waals surface area contributed by atoms with Crippen molar-refractivity contribution < 1.29 is 9.47 Å². The van der Waals surface area contributed by atoms with Gasteiger partial charge in [-0.25, -0.2) is 4.85 Å². The minimum Gasteiger partial charge on any atom is -0.457 e. The molecule has 3 aliphatic rings. The molecule has 1 unspecified atom stereocenters. The topological polar surface area (TPSA) is 85.5 Å². The summed E-state index contributed by atoms with van der Waals surface area (Å²) >= 11 is 0. The maximum atomic E-state index is 9.99. The summed E-state index contributed by atoms with van der Waals surface area (Å²) < 4.78 is 18.5. The molecule has 9 heteroatoms. The fourth-order valence-electron chi connectivity index (χ4n) is 11.7. The normalized spacial score (nSPS) is 14.8. The molecule has 0 saturated heterocycles. The van der Waals surface area contributed by atoms with Crippen LogP contribution in [0.15, 0.2) is 200 Å². The second-order valence-electron chi connectivity index (χ2n) is 17.9. The van der Waals surface area contributed by atoms with E-state index in [-0.39, 0.29) is 0 Å². The molecule has 0 radical (unpaired) electrons. The van der Waals surface area contributed by atoms with Crippen molar-refractivity contribution in [2.45, 2.75) is 5.41 Å². The van der Waals surface area contributed by atoms with Crippen LogP contribution in [-0.4, -0.2) is 19.1 Å². The van der Waals surface area contributed by atoms with E-state index in [2.05, 4.69) is 122 Å². The Balaban J connectivity index is 1.06. The van der Waals surface area contributed by atoms with Gasteiger partial charge in [-0.15, -0.1) is 0 Å². The highest BCUT2D eigenvalue weighted by Crippen LogP contribution is 2.65. The summed E-state index contributed by atoms with van der Waals surface area (Å²) in [7, 11) is 0. The van der Waals surface area contributed by atoms with Crippen LogP contribution < -0.4 is 14.4 Å². The highest BCUT2D eigenvalue weighted by Gasteiger charge is 2.55. The molecule has 12 aromatic rings. The molecule has 0 saturated carbocycles. The fourth-order valence-corrected chi connectivity index (χ4v) is 11.7. The molecule has 6 heterocycles. The van der Waals surface area contributed by atoms with Gasteiger partial charge in [0.2, 0.25) is 0 Å². The number of nitrogens with zero attached hydrogens (tertiary/aromatic N) is 7. The largest absolute Gasteiger partial charge is 0.457 e. The van der Waals surface area contributed by atoms with Crippen LogP contribution in [-0.2, 0) is 5.41 Å². The molecular formula is C61H33N7O2. The van der Waals surface area contributed by atoms with Crippen molar-refractivity contribution in [1.29, 1.82) is 5.26 Å². The van der Waals surface area contributed by atoms with Gasteiger partial charge in [-0.1, -0.05) is 84.9 Å². The number of pyridine rings is 2. The first kappa shape index (κ1) is 38.2. The molecule has 15 rings (SSSR count). The van der Waals surface area contributed by atoms with E-state index < -0.39 is 5.41 Å². The van der Waals surface area contributed by atoms with Gasteiger partial charge in [-0.3, -0.25) is 9.97 Å². The van der Waals surface area contributed by atoms with E-state index in [9.17, 15) is 5.26 Å². The third-order valence-electron chi connectivity index (χ3n) is 14.5. The number of rotatable bonds is 3. The van der Waals surface area contributed by atoms with Crippen molar-refractivity contribution in [2.75, 3.05) is 4.90 Å². The molecule has 1 aliphatic carbocycles. The Labute approximate surface area is 400 Å². The fraction of sp³-hybridized carbons (Fsp3) is 0.0164. The molecule has 0 bridgehead atoms. The lowest BCUT2D eigenvalue weighted by atomic mass is 9.65. The van der Waals surface area contributed by atoms with Gasteiger partial charge in [-0.05, 0) is 108 Å². The number of fused-ring (bicyclic) bond motifs is 17. The summed E-state index contributed by atoms with van der Waals surface area (Å²) in [5.41, 5.74) is 14.1. The van der Waals surface area contributed by atoms with Crippen molar-refractivity contribution >= 4 is 66.4 Å². The van der Waals surface area contributed by atoms with Gasteiger partial charge in [0, 0.05) is 50.8 Å². The first-order valence-electron chi connectivity index (χ1n) is 23.1. The summed E-state index contributed by atoms with van der Waals surface area (Å²) in [5, 5.41) is 14.1. The highest BCUT2D eigenvalue weighted by molar-refractivity contribution is 6.11. The quantitative estimate of drug-likeness (QED) is 0.164. The van der Waals surface area contributed by atoms with Gasteiger partial charge in [0.05, 0.1) is 86.0 Å². The molecule has 0 fully saturated rings. The van der Waals surface area contributed by atoms with E-state index in [1.54, 1.807) is 0 Å². The summed E-state index contributed by atoms with van der Waals surface area (Å²) in [5.74, 6) is 2.88. The zero-order valence-corrected chi connectivity index (χ0v) is 37.0. The molecular weight excluding hydrogens is 863 g/mol. The third-order valence-corrected chi connectivity index (χ3v) is 14.5. The van der Waals surface area contributed by atoms with Crippen LogP contribution in [0.5, 0.6) is 23.0 Å². The van der Waals surface area contributed by atoms with Crippen molar-refractivity contribution in [1.82, 2.24) is 19.1 Å². The molecule has 1 spiro atoms. The van der Waals surface area contributed by atoms with Crippen molar-refractivity contribution in [3.8, 4) is 51.8 Å². The van der Waals surface area contributed by atoms with E-state index in [0.29, 0.717) is 22.7 Å². The van der Waals surface area contributed by atoms with Crippen LogP contribution >= 0.6 is 0 Å². The van der Waals surface area contributed by atoms with Crippen LogP contribution in [0, 0.1) is 17.9 Å². The molecule has 0 amide bonds. The van der Waals surface area contributed by atoms with Crippen molar-refractivity contribution in [3.05, 3.63) is 240 Å². The van der Waals surface area contributed by atoms with Gasteiger partial charge in [0.25, 0.3) is 0 Å². The zero-order valence-electron chi connectivity index (χ0n) is 37.0. The lowest BCUT2D eigenvalue weighted by Crippen LogP contribution is -2.34. The average molecular weight is 896 g/mol. The zero-order chi connectivity index (χ0) is 46.2. The Morgan fingerprint density at radius 2 is 1.11 bits per heavy atom.